The second-order valence-corrected chi connectivity index (χ2v) is 6.23. The minimum atomic E-state index is -0.540. The van der Waals surface area contributed by atoms with E-state index in [-0.39, 0.29) is 36.1 Å². The lowest BCUT2D eigenvalue weighted by Crippen LogP contribution is -2.42. The van der Waals surface area contributed by atoms with Crippen molar-refractivity contribution in [3.8, 4) is 0 Å². The molecule has 0 aromatic rings. The maximum absolute atomic E-state index is 12.1. The number of nitrogens with zero attached hydrogens (tertiary/aromatic N) is 2. The molecule has 0 spiro atoms. The van der Waals surface area contributed by atoms with Crippen molar-refractivity contribution in [3.05, 3.63) is 0 Å². The van der Waals surface area contributed by atoms with Gasteiger partial charge in [-0.1, -0.05) is 0 Å². The van der Waals surface area contributed by atoms with Gasteiger partial charge in [0.2, 0.25) is 0 Å². The average molecular weight is 460 g/mol. The van der Waals surface area contributed by atoms with E-state index in [9.17, 15) is 4.79 Å². The highest BCUT2D eigenvalue weighted by atomic mass is 127. The zero-order valence-electron chi connectivity index (χ0n) is 15.6. The van der Waals surface area contributed by atoms with Crippen molar-refractivity contribution in [2.75, 3.05) is 47.1 Å². The fourth-order valence-corrected chi connectivity index (χ4v) is 1.70. The summed E-state index contributed by atoms with van der Waals surface area (Å²) in [4.78, 5) is 17.9. The van der Waals surface area contributed by atoms with Gasteiger partial charge in [-0.15, -0.1) is 24.0 Å². The smallest absolute Gasteiger partial charge is 0.410 e. The number of carbonyl (C=O) groups excluding carboxylic acids is 1. The van der Waals surface area contributed by atoms with Crippen LogP contribution in [-0.4, -0.2) is 75.7 Å². The molecule has 1 unspecified atom stereocenters. The van der Waals surface area contributed by atoms with Gasteiger partial charge in [-0.25, -0.2) is 4.79 Å². The number of ether oxygens (including phenoxy) is 3. The highest BCUT2D eigenvalue weighted by Gasteiger charge is 2.21. The van der Waals surface area contributed by atoms with Crippen LogP contribution in [0.1, 0.15) is 27.7 Å². The van der Waals surface area contributed by atoms with Crippen molar-refractivity contribution in [1.29, 1.82) is 0 Å². The Labute approximate surface area is 162 Å². The third kappa shape index (κ3) is 13.6. The molecule has 0 rings (SSSR count). The van der Waals surface area contributed by atoms with Crippen LogP contribution in [0.2, 0.25) is 0 Å². The SMILES string of the molecule is COCCN(CCN=C(N)NC(C)COC)C(=O)OC(C)(C)C.I. The highest BCUT2D eigenvalue weighted by Crippen LogP contribution is 2.09. The molecule has 0 aromatic heterocycles. The molecular weight excluding hydrogens is 427 g/mol. The van der Waals surface area contributed by atoms with E-state index in [1.54, 1.807) is 19.1 Å². The van der Waals surface area contributed by atoms with Crippen LogP contribution in [0.5, 0.6) is 0 Å². The average Bonchev–Trinajstić information content (AvgIpc) is 2.40. The molecule has 0 saturated carbocycles. The largest absolute Gasteiger partial charge is 0.444 e. The molecule has 0 aromatic carbocycles. The summed E-state index contributed by atoms with van der Waals surface area (Å²) in [6.07, 6.45) is -0.385. The van der Waals surface area contributed by atoms with Crippen molar-refractivity contribution in [2.24, 2.45) is 10.7 Å². The normalized spacial score (nSPS) is 13.0. The summed E-state index contributed by atoms with van der Waals surface area (Å²) in [5.41, 5.74) is 5.25. The van der Waals surface area contributed by atoms with Crippen LogP contribution >= 0.6 is 24.0 Å². The number of nitrogens with two attached hydrogens (primary N) is 1. The predicted octanol–water partition coefficient (Wildman–Crippen LogP) is 1.43. The number of hydrogen-bond acceptors (Lipinski definition) is 5. The first-order chi connectivity index (χ1) is 10.7. The second kappa shape index (κ2) is 13.5. The van der Waals surface area contributed by atoms with E-state index in [0.29, 0.717) is 38.8 Å². The number of guanidine groups is 1. The van der Waals surface area contributed by atoms with Crippen LogP contribution in [0, 0.1) is 0 Å². The Morgan fingerprint density at radius 1 is 1.25 bits per heavy atom. The summed E-state index contributed by atoms with van der Waals surface area (Å²) >= 11 is 0. The van der Waals surface area contributed by atoms with Crippen molar-refractivity contribution < 1.29 is 19.0 Å². The van der Waals surface area contributed by atoms with E-state index in [2.05, 4.69) is 10.3 Å². The van der Waals surface area contributed by atoms with E-state index in [4.69, 9.17) is 19.9 Å². The van der Waals surface area contributed by atoms with Gasteiger partial charge in [0, 0.05) is 33.4 Å². The Hall–Kier alpha value is -0.810. The maximum atomic E-state index is 12.1. The molecule has 0 aliphatic rings. The number of carbonyl (C=O) groups is 1. The Morgan fingerprint density at radius 2 is 1.88 bits per heavy atom. The molecule has 1 atom stereocenters. The Bertz CT molecular complexity index is 375. The van der Waals surface area contributed by atoms with Crippen molar-refractivity contribution >= 4 is 36.0 Å². The topological polar surface area (TPSA) is 98.4 Å². The van der Waals surface area contributed by atoms with Crippen molar-refractivity contribution in [1.82, 2.24) is 10.2 Å². The molecule has 8 nitrogen and oxygen atoms in total. The lowest BCUT2D eigenvalue weighted by molar-refractivity contribution is 0.0208. The Balaban J connectivity index is 0. The first-order valence-electron chi connectivity index (χ1n) is 7.72. The summed E-state index contributed by atoms with van der Waals surface area (Å²) in [5.74, 6) is 0.324. The molecule has 144 valence electrons. The molecule has 0 aliphatic carbocycles. The molecule has 1 amide bonds. The first-order valence-corrected chi connectivity index (χ1v) is 7.72. The van der Waals surface area contributed by atoms with Crippen molar-refractivity contribution in [2.45, 2.75) is 39.3 Å². The van der Waals surface area contributed by atoms with Gasteiger partial charge in [0.15, 0.2) is 5.96 Å². The molecule has 0 saturated heterocycles. The highest BCUT2D eigenvalue weighted by molar-refractivity contribution is 14.0. The summed E-state index contributed by atoms with van der Waals surface area (Å²) in [5, 5.41) is 3.01. The minimum absolute atomic E-state index is 0. The fourth-order valence-electron chi connectivity index (χ4n) is 1.70. The summed E-state index contributed by atoms with van der Waals surface area (Å²) in [6, 6.07) is 0.0687. The van der Waals surface area contributed by atoms with Gasteiger partial charge in [-0.05, 0) is 27.7 Å². The molecule has 0 radical (unpaired) electrons. The van der Waals surface area contributed by atoms with Crippen LogP contribution < -0.4 is 11.1 Å². The lowest BCUT2D eigenvalue weighted by atomic mass is 10.2. The van der Waals surface area contributed by atoms with Gasteiger partial charge in [0.05, 0.1) is 19.8 Å². The molecule has 0 bridgehead atoms. The zero-order chi connectivity index (χ0) is 17.9. The summed E-state index contributed by atoms with van der Waals surface area (Å²) in [6.45, 7) is 9.62. The minimum Gasteiger partial charge on any atom is -0.444 e. The van der Waals surface area contributed by atoms with Crippen LogP contribution in [0.15, 0.2) is 4.99 Å². The quantitative estimate of drug-likeness (QED) is 0.307. The van der Waals surface area contributed by atoms with Gasteiger partial charge >= 0.3 is 6.09 Å². The van der Waals surface area contributed by atoms with E-state index >= 15 is 0 Å². The Kier molecular flexibility index (Phi) is 14.3. The van der Waals surface area contributed by atoms with Gasteiger partial charge in [0.1, 0.15) is 5.60 Å². The van der Waals surface area contributed by atoms with E-state index in [0.717, 1.165) is 0 Å². The number of rotatable bonds is 9. The monoisotopic (exact) mass is 460 g/mol. The molecule has 3 N–H and O–H groups in total. The number of aliphatic imine (C=N–C) groups is 1. The molecular formula is C15H33IN4O4. The third-order valence-corrected chi connectivity index (χ3v) is 2.68. The maximum Gasteiger partial charge on any atom is 0.410 e. The summed E-state index contributed by atoms with van der Waals surface area (Å²) < 4.78 is 15.4. The lowest BCUT2D eigenvalue weighted by Gasteiger charge is -2.27. The molecule has 9 heteroatoms. The Morgan fingerprint density at radius 3 is 2.38 bits per heavy atom. The number of methoxy groups -OCH3 is 2. The van der Waals surface area contributed by atoms with Crippen LogP contribution in [0.3, 0.4) is 0 Å². The molecule has 0 heterocycles. The summed E-state index contributed by atoms with van der Waals surface area (Å²) in [7, 11) is 3.21. The van der Waals surface area contributed by atoms with Gasteiger partial charge in [0.25, 0.3) is 0 Å². The number of amides is 1. The van der Waals surface area contributed by atoms with E-state index in [1.807, 2.05) is 27.7 Å². The standard InChI is InChI=1S/C15H32N4O4.HI/c1-12(11-22-6)18-13(16)17-7-8-19(9-10-21-5)14(20)23-15(2,3)4;/h12H,7-11H2,1-6H3,(H3,16,17,18);1H. The third-order valence-electron chi connectivity index (χ3n) is 2.68. The van der Waals surface area contributed by atoms with Crippen LogP contribution in [-0.2, 0) is 14.2 Å². The first kappa shape index (κ1) is 25.4. The van der Waals surface area contributed by atoms with Crippen molar-refractivity contribution in [3.63, 3.8) is 0 Å². The van der Waals surface area contributed by atoms with E-state index in [1.165, 1.54) is 0 Å². The zero-order valence-corrected chi connectivity index (χ0v) is 18.0. The predicted molar refractivity (Wildman–Crippen MR) is 106 cm³/mol. The van der Waals surface area contributed by atoms with Gasteiger partial charge in [-0.2, -0.15) is 0 Å². The van der Waals surface area contributed by atoms with E-state index < -0.39 is 5.60 Å². The number of nitrogens with one attached hydrogen (secondary N) is 1. The van der Waals surface area contributed by atoms with Gasteiger partial charge in [-0.3, -0.25) is 4.99 Å². The molecule has 24 heavy (non-hydrogen) atoms. The number of halogens is 1. The fraction of sp³-hybridized carbons (Fsp3) is 0.867. The molecule has 0 fully saturated rings. The molecule has 0 aliphatic heterocycles. The second-order valence-electron chi connectivity index (χ2n) is 6.23. The number of hydrogen-bond donors (Lipinski definition) is 2. The van der Waals surface area contributed by atoms with Gasteiger partial charge < -0.3 is 30.2 Å². The van der Waals surface area contributed by atoms with Crippen LogP contribution in [0.25, 0.3) is 0 Å². The van der Waals surface area contributed by atoms with Crippen LogP contribution in [0.4, 0.5) is 4.79 Å².